The van der Waals surface area contributed by atoms with Crippen LogP contribution in [-0.4, -0.2) is 52.2 Å². The zero-order valence-electron chi connectivity index (χ0n) is 9.07. The lowest BCUT2D eigenvalue weighted by Gasteiger charge is -2.07. The average molecular weight is 262 g/mol. The van der Waals surface area contributed by atoms with Gasteiger partial charge in [0.05, 0.1) is 0 Å². The molecule has 0 fully saturated rings. The quantitative estimate of drug-likeness (QED) is 0.185. The number of carbonyl (C=O) groups excluding carboxylic acids is 2. The van der Waals surface area contributed by atoms with E-state index in [9.17, 15) is 19.2 Å². The number of esters is 2. The molecular formula is C8H10N2O8. The molecule has 100 valence electrons. The van der Waals surface area contributed by atoms with Crippen LogP contribution in [0.4, 0.5) is 0 Å². The molecule has 0 rings (SSSR count). The van der Waals surface area contributed by atoms with Crippen molar-refractivity contribution in [3.05, 3.63) is 5.53 Å². The van der Waals surface area contributed by atoms with E-state index in [0.29, 0.717) is 0 Å². The van der Waals surface area contributed by atoms with Crippen molar-refractivity contribution in [2.24, 2.45) is 0 Å². The van der Waals surface area contributed by atoms with Crippen LogP contribution in [0.15, 0.2) is 0 Å². The Morgan fingerprint density at radius 1 is 0.889 bits per heavy atom. The number of aliphatic carboxylic acids is 2. The van der Waals surface area contributed by atoms with E-state index in [4.69, 9.17) is 15.7 Å². The van der Waals surface area contributed by atoms with E-state index in [-0.39, 0.29) is 4.70 Å². The minimum atomic E-state index is -1.39. The first-order valence-corrected chi connectivity index (χ1v) is 4.50. The molecule has 0 spiro atoms. The molecule has 10 nitrogen and oxygen atoms in total. The van der Waals surface area contributed by atoms with Crippen LogP contribution in [0.1, 0.15) is 12.8 Å². The fraction of sp³-hybridized carbons (Fsp3) is 0.500. The summed E-state index contributed by atoms with van der Waals surface area (Å²) in [5, 5.41) is 16.4. The molecular weight excluding hydrogens is 252 g/mol. The second-order valence-corrected chi connectivity index (χ2v) is 2.94. The number of carboxylic acid groups (broad SMARTS) is 2. The fourth-order valence-electron chi connectivity index (χ4n) is 0.679. The number of nitrogens with zero attached hydrogens (tertiary/aromatic N) is 2. The summed E-state index contributed by atoms with van der Waals surface area (Å²) in [6, 6.07) is 0. The highest BCUT2D eigenvalue weighted by molar-refractivity contribution is 5.90. The van der Waals surface area contributed by atoms with Crippen LogP contribution in [0.25, 0.3) is 5.53 Å². The third-order valence-electron chi connectivity index (χ3n) is 1.34. The van der Waals surface area contributed by atoms with Crippen molar-refractivity contribution in [2.45, 2.75) is 12.8 Å². The van der Waals surface area contributed by atoms with Crippen molar-refractivity contribution >= 4 is 23.9 Å². The number of hydrogen-bond acceptors (Lipinski definition) is 6. The summed E-state index contributed by atoms with van der Waals surface area (Å²) in [6.45, 7) is -1.43. The number of carbonyl (C=O) groups is 4. The SMILES string of the molecule is [N-]=[N+](COC(=O)CC(=O)O)COC(=O)CC(=O)O. The Hall–Kier alpha value is -2.52. The second-order valence-electron chi connectivity index (χ2n) is 2.94. The molecule has 0 unspecified atom stereocenters. The summed E-state index contributed by atoms with van der Waals surface area (Å²) >= 11 is 0. The summed E-state index contributed by atoms with van der Waals surface area (Å²) < 4.78 is 8.80. The maximum Gasteiger partial charge on any atom is 0.321 e. The molecule has 0 aliphatic carbocycles. The molecule has 0 saturated carbocycles. The highest BCUT2D eigenvalue weighted by Crippen LogP contribution is 1.90. The molecule has 0 aromatic heterocycles. The van der Waals surface area contributed by atoms with Gasteiger partial charge in [-0.15, -0.1) is 0 Å². The Bertz CT molecular complexity index is 343. The van der Waals surface area contributed by atoms with Gasteiger partial charge in [0.15, 0.2) is 0 Å². The highest BCUT2D eigenvalue weighted by Gasteiger charge is 2.13. The van der Waals surface area contributed by atoms with Crippen molar-refractivity contribution < 1.29 is 43.6 Å². The van der Waals surface area contributed by atoms with E-state index < -0.39 is 50.2 Å². The fourth-order valence-corrected chi connectivity index (χ4v) is 0.679. The van der Waals surface area contributed by atoms with E-state index in [0.717, 1.165) is 0 Å². The Morgan fingerprint density at radius 2 is 1.22 bits per heavy atom. The minimum Gasteiger partial charge on any atom is -0.501 e. The van der Waals surface area contributed by atoms with Crippen molar-refractivity contribution in [3.8, 4) is 0 Å². The first kappa shape index (κ1) is 15.5. The van der Waals surface area contributed by atoms with Gasteiger partial charge in [-0.1, -0.05) is 0 Å². The van der Waals surface area contributed by atoms with Gasteiger partial charge in [0.1, 0.15) is 12.8 Å². The molecule has 0 aliphatic rings. The highest BCUT2D eigenvalue weighted by atomic mass is 16.6. The first-order valence-electron chi connectivity index (χ1n) is 4.50. The van der Waals surface area contributed by atoms with Crippen molar-refractivity contribution in [1.29, 1.82) is 0 Å². The molecule has 0 aliphatic heterocycles. The van der Waals surface area contributed by atoms with Crippen molar-refractivity contribution in [3.63, 3.8) is 0 Å². The van der Waals surface area contributed by atoms with Gasteiger partial charge in [-0.05, 0) is 0 Å². The standard InChI is InChI=1S/C8H10N2O8/c9-10(3-17-7(15)1-5(11)12)4-18-8(16)2-6(13)14/h1-4H2,(H,11,12)(H,13,14). The maximum atomic E-state index is 10.7. The van der Waals surface area contributed by atoms with E-state index in [1.165, 1.54) is 0 Å². The molecule has 0 amide bonds. The zero-order chi connectivity index (χ0) is 14.1. The van der Waals surface area contributed by atoms with Gasteiger partial charge in [0, 0.05) is 0 Å². The van der Waals surface area contributed by atoms with Crippen LogP contribution in [-0.2, 0) is 28.7 Å². The summed E-state index contributed by atoms with van der Waals surface area (Å²) in [5.41, 5.74) is 9.00. The summed E-state index contributed by atoms with van der Waals surface area (Å²) in [5.74, 6) is -4.95. The van der Waals surface area contributed by atoms with Gasteiger partial charge in [0.2, 0.25) is 0 Å². The van der Waals surface area contributed by atoms with E-state index >= 15 is 0 Å². The Kier molecular flexibility index (Phi) is 6.63. The van der Waals surface area contributed by atoms with Crippen LogP contribution >= 0.6 is 0 Å². The Labute approximate surface area is 100 Å². The predicted molar refractivity (Wildman–Crippen MR) is 50.0 cm³/mol. The second kappa shape index (κ2) is 7.70. The molecule has 0 bridgehead atoms. The molecule has 0 aromatic rings. The lowest BCUT2D eigenvalue weighted by molar-refractivity contribution is -0.610. The average Bonchev–Trinajstić information content (AvgIpc) is 2.21. The van der Waals surface area contributed by atoms with Gasteiger partial charge in [-0.3, -0.25) is 23.9 Å². The Morgan fingerprint density at radius 3 is 1.50 bits per heavy atom. The summed E-state index contributed by atoms with van der Waals surface area (Å²) in [4.78, 5) is 41.6. The third-order valence-corrected chi connectivity index (χ3v) is 1.34. The largest absolute Gasteiger partial charge is 0.501 e. The molecule has 0 radical (unpaired) electrons. The lowest BCUT2D eigenvalue weighted by atomic mass is 10.4. The van der Waals surface area contributed by atoms with Crippen molar-refractivity contribution in [2.75, 3.05) is 13.5 Å². The number of carboxylic acids is 2. The minimum absolute atomic E-state index is 0.250. The number of rotatable bonds is 8. The molecule has 0 saturated heterocycles. The predicted octanol–water partition coefficient (Wildman–Crippen LogP) is -1.03. The normalized spacial score (nSPS) is 9.33. The molecule has 0 heterocycles. The maximum absolute atomic E-state index is 10.7. The molecule has 2 N–H and O–H groups in total. The monoisotopic (exact) mass is 262 g/mol. The zero-order valence-corrected chi connectivity index (χ0v) is 9.07. The molecule has 0 atom stereocenters. The van der Waals surface area contributed by atoms with Crippen molar-refractivity contribution in [1.82, 2.24) is 0 Å². The van der Waals surface area contributed by atoms with Crippen LogP contribution in [0.2, 0.25) is 0 Å². The van der Waals surface area contributed by atoms with Crippen LogP contribution < -0.4 is 0 Å². The summed E-state index contributed by atoms with van der Waals surface area (Å²) in [7, 11) is 0. The lowest BCUT2D eigenvalue weighted by Crippen LogP contribution is -2.22. The topological polar surface area (TPSA) is 153 Å². The number of hydrogen-bond donors (Lipinski definition) is 2. The summed E-state index contributed by atoms with van der Waals surface area (Å²) in [6.07, 6.45) is -1.74. The number of ether oxygens (including phenoxy) is 2. The van der Waals surface area contributed by atoms with Gasteiger partial charge in [0.25, 0.3) is 13.5 Å². The molecule has 10 heteroatoms. The third kappa shape index (κ3) is 8.76. The smallest absolute Gasteiger partial charge is 0.321 e. The Balaban J connectivity index is 3.78. The van der Waals surface area contributed by atoms with E-state index in [1.807, 2.05) is 0 Å². The molecule has 0 aromatic carbocycles. The van der Waals surface area contributed by atoms with Gasteiger partial charge in [-0.2, -0.15) is 0 Å². The van der Waals surface area contributed by atoms with E-state index in [1.54, 1.807) is 0 Å². The van der Waals surface area contributed by atoms with Gasteiger partial charge in [-0.25, -0.2) is 0 Å². The van der Waals surface area contributed by atoms with Gasteiger partial charge < -0.3 is 25.2 Å². The van der Waals surface area contributed by atoms with Crippen LogP contribution in [0, 0.1) is 0 Å². The van der Waals surface area contributed by atoms with Crippen LogP contribution in [0.5, 0.6) is 0 Å². The van der Waals surface area contributed by atoms with E-state index in [2.05, 4.69) is 9.47 Å². The van der Waals surface area contributed by atoms with Gasteiger partial charge >= 0.3 is 23.9 Å². The van der Waals surface area contributed by atoms with Crippen LogP contribution in [0.3, 0.4) is 0 Å². The first-order chi connectivity index (χ1) is 8.31. The molecule has 18 heavy (non-hydrogen) atoms.